The first-order valence-electron chi connectivity index (χ1n) is 17.5. The van der Waals surface area contributed by atoms with Gasteiger partial charge in [-0.05, 0) is 93.2 Å². The highest BCUT2D eigenvalue weighted by molar-refractivity contribution is 14.1. The molecule has 14 heteroatoms. The van der Waals surface area contributed by atoms with E-state index in [0.717, 1.165) is 34.8 Å². The Morgan fingerprint density at radius 1 is 1.10 bits per heavy atom. The summed E-state index contributed by atoms with van der Waals surface area (Å²) in [7, 11) is 0. The van der Waals surface area contributed by atoms with Crippen molar-refractivity contribution in [3.8, 4) is 0 Å². The molecule has 1 aromatic carbocycles. The van der Waals surface area contributed by atoms with Crippen molar-refractivity contribution in [1.29, 1.82) is 0 Å². The number of benzene rings is 1. The van der Waals surface area contributed by atoms with Gasteiger partial charge in [-0.1, -0.05) is 12.1 Å². The summed E-state index contributed by atoms with van der Waals surface area (Å²) in [6.45, 7) is 5.22. The van der Waals surface area contributed by atoms with Gasteiger partial charge in [0, 0.05) is 41.2 Å². The number of fused-ring (bicyclic) bond motifs is 4. The molecule has 7 atom stereocenters. The molecule has 3 aliphatic carbocycles. The molecular formula is C35H46IN3O10. The number of hydrogen-bond acceptors (Lipinski definition) is 11. The molecule has 0 unspecified atom stereocenters. The second kappa shape index (κ2) is 13.3. The SMILES string of the molecule is CC(C)(C)OC(=O)CC[C@@H](CO)NC(=O)CCNC(=O)[C@@]12C[C@H]3OC(=O)[C@@H]1N(Cc1cccc(I)c1)O[C@@H]2[C@H]1OC(C2CC2)(C2CC2)O[C@H]13. The van der Waals surface area contributed by atoms with E-state index in [0.29, 0.717) is 0 Å². The van der Waals surface area contributed by atoms with Crippen LogP contribution >= 0.6 is 22.6 Å². The van der Waals surface area contributed by atoms with E-state index >= 15 is 0 Å². The van der Waals surface area contributed by atoms with Gasteiger partial charge >= 0.3 is 11.9 Å². The Kier molecular flexibility index (Phi) is 9.52. The highest BCUT2D eigenvalue weighted by Gasteiger charge is 2.78. The zero-order valence-electron chi connectivity index (χ0n) is 28.2. The standard InChI is InChI=1S/C35H46IN3O10/c1-33(2,3)46-26(42)12-11-23(18-40)38-25(41)13-14-37-32(44)34-16-24-27-28(48-35(47-27,20-7-8-20)21-9-10-21)30(34)49-39(29(34)31(43)45-24)17-19-5-4-6-22(36)15-19/h4-6,15,20-21,23-24,27-30,40H,7-14,16-18H2,1-3H3,(H,37,44)(H,38,41)/t23-,24+,27-,28-,29-,30+,34-/m0/s1. The molecule has 3 N–H and O–H groups in total. The summed E-state index contributed by atoms with van der Waals surface area (Å²) in [6, 6.07) is 6.21. The molecule has 3 heterocycles. The second-order valence-corrected chi connectivity index (χ2v) is 16.6. The van der Waals surface area contributed by atoms with E-state index in [-0.39, 0.29) is 57.2 Å². The molecule has 13 nitrogen and oxygen atoms in total. The molecule has 2 bridgehead atoms. The zero-order valence-corrected chi connectivity index (χ0v) is 30.3. The van der Waals surface area contributed by atoms with Gasteiger partial charge in [-0.2, -0.15) is 5.06 Å². The smallest absolute Gasteiger partial charge is 0.327 e. The molecule has 0 aromatic heterocycles. The summed E-state index contributed by atoms with van der Waals surface area (Å²) < 4.78 is 26.1. The number of hydrogen-bond donors (Lipinski definition) is 3. The van der Waals surface area contributed by atoms with Crippen LogP contribution in [0.1, 0.15) is 77.7 Å². The topological polar surface area (TPSA) is 162 Å². The molecule has 6 fully saturated rings. The van der Waals surface area contributed by atoms with Crippen LogP contribution in [-0.2, 0) is 49.5 Å². The summed E-state index contributed by atoms with van der Waals surface area (Å²) in [5, 5.41) is 17.1. The van der Waals surface area contributed by atoms with Crippen molar-refractivity contribution in [1.82, 2.24) is 15.7 Å². The Morgan fingerprint density at radius 3 is 2.47 bits per heavy atom. The van der Waals surface area contributed by atoms with Crippen molar-refractivity contribution >= 4 is 46.3 Å². The van der Waals surface area contributed by atoms with Gasteiger partial charge in [-0.3, -0.25) is 24.0 Å². The summed E-state index contributed by atoms with van der Waals surface area (Å²) in [5.74, 6) is -1.94. The third kappa shape index (κ3) is 6.85. The number of aliphatic hydroxyl groups is 1. The molecule has 1 aromatic rings. The quantitative estimate of drug-likeness (QED) is 0.199. The first-order valence-corrected chi connectivity index (χ1v) is 18.5. The van der Waals surface area contributed by atoms with Crippen molar-refractivity contribution in [3.05, 3.63) is 33.4 Å². The van der Waals surface area contributed by atoms with Crippen LogP contribution in [0.15, 0.2) is 24.3 Å². The van der Waals surface area contributed by atoms with Gasteiger partial charge in [0.05, 0.1) is 19.2 Å². The molecule has 268 valence electrons. The number of halogens is 1. The lowest BCUT2D eigenvalue weighted by molar-refractivity contribution is -0.235. The second-order valence-electron chi connectivity index (χ2n) is 15.4. The molecule has 7 rings (SSSR count). The number of esters is 2. The highest BCUT2D eigenvalue weighted by Crippen LogP contribution is 2.63. The lowest BCUT2D eigenvalue weighted by atomic mass is 9.62. The number of carbonyl (C=O) groups is 4. The highest BCUT2D eigenvalue weighted by atomic mass is 127. The van der Waals surface area contributed by atoms with E-state index < -0.39 is 77.1 Å². The number of amides is 2. The van der Waals surface area contributed by atoms with Crippen molar-refractivity contribution in [3.63, 3.8) is 0 Å². The third-order valence-electron chi connectivity index (χ3n) is 10.5. The third-order valence-corrected chi connectivity index (χ3v) is 11.1. The maximum atomic E-state index is 14.4. The summed E-state index contributed by atoms with van der Waals surface area (Å²) in [6.07, 6.45) is 1.82. The predicted molar refractivity (Wildman–Crippen MR) is 180 cm³/mol. The fraction of sp³-hybridized carbons (Fsp3) is 0.714. The van der Waals surface area contributed by atoms with E-state index in [1.807, 2.05) is 24.3 Å². The van der Waals surface area contributed by atoms with Gasteiger partial charge in [0.1, 0.15) is 35.4 Å². The van der Waals surface area contributed by atoms with E-state index in [1.165, 1.54) is 0 Å². The van der Waals surface area contributed by atoms with Crippen LogP contribution in [0.3, 0.4) is 0 Å². The van der Waals surface area contributed by atoms with E-state index in [4.69, 9.17) is 23.8 Å². The number of aliphatic hydroxyl groups excluding tert-OH is 1. The van der Waals surface area contributed by atoms with Crippen LogP contribution in [-0.4, -0.2) is 95.0 Å². The Labute approximate surface area is 299 Å². The molecule has 0 radical (unpaired) electrons. The average molecular weight is 796 g/mol. The monoisotopic (exact) mass is 795 g/mol. The van der Waals surface area contributed by atoms with Crippen molar-refractivity contribution < 1.29 is 48.1 Å². The largest absolute Gasteiger partial charge is 0.460 e. The molecule has 2 amide bonds. The Hall–Kier alpha value is -2.37. The number of nitrogens with zero attached hydrogens (tertiary/aromatic N) is 1. The Morgan fingerprint density at radius 2 is 1.82 bits per heavy atom. The molecule has 6 aliphatic rings. The van der Waals surface area contributed by atoms with Gasteiger partial charge in [0.15, 0.2) is 11.8 Å². The lowest BCUT2D eigenvalue weighted by Gasteiger charge is -2.48. The lowest BCUT2D eigenvalue weighted by Crippen LogP contribution is -2.69. The minimum Gasteiger partial charge on any atom is -0.460 e. The van der Waals surface area contributed by atoms with Crippen LogP contribution in [0.2, 0.25) is 0 Å². The van der Waals surface area contributed by atoms with E-state index in [9.17, 15) is 24.3 Å². The van der Waals surface area contributed by atoms with Gasteiger partial charge in [-0.25, -0.2) is 0 Å². The van der Waals surface area contributed by atoms with Crippen LogP contribution < -0.4 is 10.6 Å². The van der Waals surface area contributed by atoms with Crippen LogP contribution in [0, 0.1) is 20.8 Å². The number of nitrogens with one attached hydrogen (secondary N) is 2. The number of hydroxylamine groups is 2. The molecule has 3 aliphatic heterocycles. The van der Waals surface area contributed by atoms with Crippen LogP contribution in [0.4, 0.5) is 0 Å². The van der Waals surface area contributed by atoms with Gasteiger partial charge in [0.2, 0.25) is 11.8 Å². The molecule has 49 heavy (non-hydrogen) atoms. The normalized spacial score (nSPS) is 32.2. The summed E-state index contributed by atoms with van der Waals surface area (Å²) in [4.78, 5) is 59.9. The average Bonchev–Trinajstić information content (AvgIpc) is 3.98. The molecule has 3 saturated heterocycles. The van der Waals surface area contributed by atoms with E-state index in [2.05, 4.69) is 33.2 Å². The first kappa shape index (κ1) is 35.1. The van der Waals surface area contributed by atoms with Gasteiger partial charge < -0.3 is 34.7 Å². The maximum Gasteiger partial charge on any atom is 0.327 e. The zero-order chi connectivity index (χ0) is 34.7. The molecule has 0 spiro atoms. The van der Waals surface area contributed by atoms with Crippen LogP contribution in [0.25, 0.3) is 0 Å². The first-order chi connectivity index (χ1) is 23.3. The summed E-state index contributed by atoms with van der Waals surface area (Å²) in [5.41, 5.74) is -1.03. The van der Waals surface area contributed by atoms with Gasteiger partial charge in [-0.15, -0.1) is 0 Å². The van der Waals surface area contributed by atoms with Crippen molar-refractivity contribution in [2.24, 2.45) is 17.3 Å². The fourth-order valence-corrected chi connectivity index (χ4v) is 8.74. The van der Waals surface area contributed by atoms with Crippen molar-refractivity contribution in [2.45, 2.75) is 127 Å². The van der Waals surface area contributed by atoms with Crippen molar-refractivity contribution in [2.75, 3.05) is 13.2 Å². The predicted octanol–water partition coefficient (Wildman–Crippen LogP) is 2.50. The summed E-state index contributed by atoms with van der Waals surface area (Å²) >= 11 is 2.24. The van der Waals surface area contributed by atoms with Gasteiger partial charge in [0.25, 0.3) is 0 Å². The van der Waals surface area contributed by atoms with Crippen LogP contribution in [0.5, 0.6) is 0 Å². The molecule has 3 saturated carbocycles. The number of carbonyl (C=O) groups excluding carboxylic acids is 4. The Balaban J connectivity index is 1.06. The minimum absolute atomic E-state index is 0.00773. The molecular weight excluding hydrogens is 749 g/mol. The minimum atomic E-state index is -1.33. The maximum absolute atomic E-state index is 14.4. The number of ether oxygens (including phenoxy) is 4. The fourth-order valence-electron chi connectivity index (χ4n) is 8.13. The Bertz CT molecular complexity index is 1470. The van der Waals surface area contributed by atoms with E-state index in [1.54, 1.807) is 25.8 Å². The number of rotatable bonds is 13.